The fraction of sp³-hybridized carbons (Fsp3) is 0.571. The van der Waals surface area contributed by atoms with Crippen molar-refractivity contribution in [3.8, 4) is 28.7 Å². The van der Waals surface area contributed by atoms with Gasteiger partial charge in [0.15, 0.2) is 21.3 Å². The topological polar surface area (TPSA) is 121 Å². The van der Waals surface area contributed by atoms with Gasteiger partial charge in [-0.25, -0.2) is 8.42 Å². The largest absolute Gasteiger partial charge is 0.493 e. The van der Waals surface area contributed by atoms with Gasteiger partial charge in [0.25, 0.3) is 5.22 Å². The first-order valence-corrected chi connectivity index (χ1v) is 13.3. The SMILES string of the molecule is CCC(C)N(C(=O)CSc1nnc(-c2cc(OC)c(OC)c(OC)c2)o1)C1CCS(=O)(=O)C1. The number of nitrogens with zero attached hydrogens (tertiary/aromatic N) is 3. The van der Waals surface area contributed by atoms with E-state index in [1.54, 1.807) is 17.0 Å². The van der Waals surface area contributed by atoms with Crippen molar-refractivity contribution in [3.63, 3.8) is 0 Å². The van der Waals surface area contributed by atoms with Gasteiger partial charge in [-0.15, -0.1) is 10.2 Å². The van der Waals surface area contributed by atoms with Gasteiger partial charge in [-0.05, 0) is 31.9 Å². The molecule has 2 atom stereocenters. The van der Waals surface area contributed by atoms with Crippen LogP contribution in [0.25, 0.3) is 11.5 Å². The maximum absolute atomic E-state index is 13.0. The monoisotopic (exact) mass is 499 g/mol. The Kier molecular flexibility index (Phi) is 8.11. The van der Waals surface area contributed by atoms with E-state index >= 15 is 0 Å². The van der Waals surface area contributed by atoms with Crippen molar-refractivity contribution in [2.75, 3.05) is 38.6 Å². The Bertz CT molecular complexity index is 1060. The Hall–Kier alpha value is -2.47. The second-order valence-electron chi connectivity index (χ2n) is 7.69. The summed E-state index contributed by atoms with van der Waals surface area (Å²) < 4.78 is 45.6. The van der Waals surface area contributed by atoms with Gasteiger partial charge < -0.3 is 23.5 Å². The minimum Gasteiger partial charge on any atom is -0.493 e. The van der Waals surface area contributed by atoms with Crippen LogP contribution in [-0.2, 0) is 14.6 Å². The predicted molar refractivity (Wildman–Crippen MR) is 124 cm³/mol. The summed E-state index contributed by atoms with van der Waals surface area (Å²) in [5.74, 6) is 1.64. The first-order valence-electron chi connectivity index (χ1n) is 10.5. The van der Waals surface area contributed by atoms with E-state index in [0.29, 0.717) is 29.2 Å². The fourth-order valence-electron chi connectivity index (χ4n) is 3.79. The molecule has 1 amide bonds. The van der Waals surface area contributed by atoms with Crippen LogP contribution in [-0.4, -0.2) is 80.1 Å². The third kappa shape index (κ3) is 5.72. The summed E-state index contributed by atoms with van der Waals surface area (Å²) in [7, 11) is 1.45. The molecule has 2 aromatic rings. The number of ether oxygens (including phenoxy) is 3. The molecule has 1 fully saturated rings. The van der Waals surface area contributed by atoms with Crippen molar-refractivity contribution < 1.29 is 31.8 Å². The first-order chi connectivity index (χ1) is 15.7. The minimum atomic E-state index is -3.10. The van der Waals surface area contributed by atoms with E-state index < -0.39 is 9.84 Å². The summed E-state index contributed by atoms with van der Waals surface area (Å²) in [6, 6.07) is 3.03. The van der Waals surface area contributed by atoms with Crippen molar-refractivity contribution in [1.29, 1.82) is 0 Å². The third-order valence-electron chi connectivity index (χ3n) is 5.59. The van der Waals surface area contributed by atoms with Crippen LogP contribution in [0.3, 0.4) is 0 Å². The van der Waals surface area contributed by atoms with Gasteiger partial charge in [0.2, 0.25) is 17.5 Å². The zero-order valence-electron chi connectivity index (χ0n) is 19.4. The highest BCUT2D eigenvalue weighted by Crippen LogP contribution is 2.41. The molecule has 0 aliphatic carbocycles. The molecule has 1 aromatic carbocycles. The average Bonchev–Trinajstić information content (AvgIpc) is 3.42. The van der Waals surface area contributed by atoms with Crippen molar-refractivity contribution in [3.05, 3.63) is 12.1 Å². The number of thioether (sulfide) groups is 1. The van der Waals surface area contributed by atoms with Crippen LogP contribution in [0.1, 0.15) is 26.7 Å². The second-order valence-corrected chi connectivity index (χ2v) is 10.8. The Labute approximate surface area is 197 Å². The van der Waals surface area contributed by atoms with Crippen LogP contribution in [0.2, 0.25) is 0 Å². The zero-order valence-corrected chi connectivity index (χ0v) is 21.0. The quantitative estimate of drug-likeness (QED) is 0.451. The molecule has 2 heterocycles. The molecule has 3 rings (SSSR count). The minimum absolute atomic E-state index is 0.0135. The van der Waals surface area contributed by atoms with E-state index in [4.69, 9.17) is 18.6 Å². The maximum Gasteiger partial charge on any atom is 0.277 e. The summed E-state index contributed by atoms with van der Waals surface area (Å²) in [5.41, 5.74) is 0.576. The highest BCUT2D eigenvalue weighted by atomic mass is 32.2. The van der Waals surface area contributed by atoms with Crippen molar-refractivity contribution in [2.45, 2.75) is 44.0 Å². The molecule has 33 heavy (non-hydrogen) atoms. The lowest BCUT2D eigenvalue weighted by molar-refractivity contribution is -0.132. The van der Waals surface area contributed by atoms with Crippen LogP contribution in [0.4, 0.5) is 0 Å². The normalized spacial score (nSPS) is 18.0. The Balaban J connectivity index is 1.73. The van der Waals surface area contributed by atoms with Gasteiger partial charge in [-0.3, -0.25) is 4.79 Å². The van der Waals surface area contributed by atoms with Gasteiger partial charge in [-0.1, -0.05) is 18.7 Å². The molecular weight excluding hydrogens is 470 g/mol. The maximum atomic E-state index is 13.0. The molecule has 1 aliphatic rings. The molecular formula is C21H29N3O7S2. The lowest BCUT2D eigenvalue weighted by Crippen LogP contribution is -2.47. The molecule has 0 N–H and O–H groups in total. The number of amides is 1. The van der Waals surface area contributed by atoms with Crippen LogP contribution in [0, 0.1) is 0 Å². The van der Waals surface area contributed by atoms with Crippen LogP contribution < -0.4 is 14.2 Å². The molecule has 12 heteroatoms. The number of carbonyl (C=O) groups excluding carboxylic acids is 1. The molecule has 1 saturated heterocycles. The van der Waals surface area contributed by atoms with Crippen molar-refractivity contribution >= 4 is 27.5 Å². The summed E-state index contributed by atoms with van der Waals surface area (Å²) in [6.07, 6.45) is 1.20. The number of sulfone groups is 1. The molecule has 0 radical (unpaired) electrons. The van der Waals surface area contributed by atoms with Crippen LogP contribution in [0.5, 0.6) is 17.2 Å². The number of hydrogen-bond acceptors (Lipinski definition) is 10. The first kappa shape index (κ1) is 25.2. The number of aromatic nitrogens is 2. The number of methoxy groups -OCH3 is 3. The summed E-state index contributed by atoms with van der Waals surface area (Å²) in [4.78, 5) is 14.7. The van der Waals surface area contributed by atoms with E-state index in [0.717, 1.165) is 18.2 Å². The third-order valence-corrected chi connectivity index (χ3v) is 8.15. The van der Waals surface area contributed by atoms with Gasteiger partial charge >= 0.3 is 0 Å². The molecule has 0 bridgehead atoms. The van der Waals surface area contributed by atoms with E-state index in [9.17, 15) is 13.2 Å². The summed E-state index contributed by atoms with van der Waals surface area (Å²) in [6.45, 7) is 3.91. The molecule has 10 nitrogen and oxygen atoms in total. The van der Waals surface area contributed by atoms with Gasteiger partial charge in [0.05, 0.1) is 38.6 Å². The number of hydrogen-bond donors (Lipinski definition) is 0. The average molecular weight is 500 g/mol. The van der Waals surface area contributed by atoms with Crippen molar-refractivity contribution in [2.24, 2.45) is 0 Å². The molecule has 182 valence electrons. The molecule has 2 unspecified atom stereocenters. The Morgan fingerprint density at radius 3 is 2.39 bits per heavy atom. The summed E-state index contributed by atoms with van der Waals surface area (Å²) >= 11 is 1.12. The molecule has 0 spiro atoms. The number of benzene rings is 1. The predicted octanol–water partition coefficient (Wildman–Crippen LogP) is 2.67. The smallest absolute Gasteiger partial charge is 0.277 e. The summed E-state index contributed by atoms with van der Waals surface area (Å²) in [5, 5.41) is 8.33. The lowest BCUT2D eigenvalue weighted by Gasteiger charge is -2.33. The highest BCUT2D eigenvalue weighted by molar-refractivity contribution is 7.99. The lowest BCUT2D eigenvalue weighted by atomic mass is 10.1. The van der Waals surface area contributed by atoms with Gasteiger partial charge in [0, 0.05) is 17.6 Å². The fourth-order valence-corrected chi connectivity index (χ4v) is 6.13. The van der Waals surface area contributed by atoms with Crippen LogP contribution >= 0.6 is 11.8 Å². The van der Waals surface area contributed by atoms with E-state index in [2.05, 4.69) is 10.2 Å². The van der Waals surface area contributed by atoms with Gasteiger partial charge in [0.1, 0.15) is 0 Å². The molecule has 0 saturated carbocycles. The highest BCUT2D eigenvalue weighted by Gasteiger charge is 2.36. The van der Waals surface area contributed by atoms with E-state index in [1.807, 2.05) is 13.8 Å². The molecule has 1 aliphatic heterocycles. The Morgan fingerprint density at radius 2 is 1.88 bits per heavy atom. The Morgan fingerprint density at radius 1 is 1.21 bits per heavy atom. The number of carbonyl (C=O) groups is 1. The van der Waals surface area contributed by atoms with E-state index in [1.165, 1.54) is 21.3 Å². The van der Waals surface area contributed by atoms with Crippen LogP contribution in [0.15, 0.2) is 21.8 Å². The number of rotatable bonds is 10. The standard InChI is InChI=1S/C21H29N3O7S2/c1-6-13(2)24(15-7-8-33(26,27)12-15)18(25)11-32-21-23-22-20(31-21)14-9-16(28-3)19(30-5)17(10-14)29-4/h9-10,13,15H,6-8,11-12H2,1-5H3. The molecule has 1 aromatic heterocycles. The van der Waals surface area contributed by atoms with E-state index in [-0.39, 0.29) is 46.4 Å². The van der Waals surface area contributed by atoms with Crippen molar-refractivity contribution in [1.82, 2.24) is 15.1 Å². The van der Waals surface area contributed by atoms with Gasteiger partial charge in [-0.2, -0.15) is 0 Å². The second kappa shape index (κ2) is 10.6. The zero-order chi connectivity index (χ0) is 24.2.